The van der Waals surface area contributed by atoms with Crippen molar-refractivity contribution in [2.24, 2.45) is 0 Å². The Balaban J connectivity index is 1.83. The van der Waals surface area contributed by atoms with Gasteiger partial charge in [-0.3, -0.25) is 4.79 Å². The Bertz CT molecular complexity index is 397. The molecule has 1 aliphatic carbocycles. The second-order valence-electron chi connectivity index (χ2n) is 4.81. The molecule has 0 aromatic heterocycles. The lowest BCUT2D eigenvalue weighted by Gasteiger charge is -2.11. The molecule has 18 heavy (non-hydrogen) atoms. The number of nitrogens with one attached hydrogen (secondary N) is 1. The number of hydrogen-bond acceptors (Lipinski definition) is 3. The summed E-state index contributed by atoms with van der Waals surface area (Å²) in [5, 5.41) is 3.46. The van der Waals surface area contributed by atoms with Gasteiger partial charge in [-0.2, -0.15) is 0 Å². The van der Waals surface area contributed by atoms with Crippen LogP contribution < -0.4 is 10.1 Å². The number of benzene rings is 1. The van der Waals surface area contributed by atoms with Crippen molar-refractivity contribution in [3.8, 4) is 5.75 Å². The Hall–Kier alpha value is -1.35. The highest BCUT2D eigenvalue weighted by molar-refractivity contribution is 5.98. The summed E-state index contributed by atoms with van der Waals surface area (Å²) in [6, 6.07) is 8.04. The minimum atomic E-state index is 0.151. The number of carbonyl (C=O) groups excluding carboxylic acids is 1. The van der Waals surface area contributed by atoms with Crippen LogP contribution in [-0.4, -0.2) is 25.5 Å². The van der Waals surface area contributed by atoms with Crippen molar-refractivity contribution in [1.82, 2.24) is 5.32 Å². The zero-order valence-electron chi connectivity index (χ0n) is 10.9. The Labute approximate surface area is 109 Å². The molecule has 3 heteroatoms. The number of ketones is 1. The number of methoxy groups -OCH3 is 1. The van der Waals surface area contributed by atoms with Crippen molar-refractivity contribution in [3.63, 3.8) is 0 Å². The van der Waals surface area contributed by atoms with Crippen molar-refractivity contribution in [3.05, 3.63) is 29.8 Å². The highest BCUT2D eigenvalue weighted by atomic mass is 16.5. The van der Waals surface area contributed by atoms with E-state index in [0.717, 1.165) is 6.54 Å². The summed E-state index contributed by atoms with van der Waals surface area (Å²) in [4.78, 5) is 12.1. The second-order valence-corrected chi connectivity index (χ2v) is 4.81. The Morgan fingerprint density at radius 2 is 2.06 bits per heavy atom. The quantitative estimate of drug-likeness (QED) is 0.786. The van der Waals surface area contributed by atoms with Crippen molar-refractivity contribution in [2.45, 2.75) is 38.1 Å². The van der Waals surface area contributed by atoms with Crippen LogP contribution in [-0.2, 0) is 0 Å². The molecule has 0 spiro atoms. The fraction of sp³-hybridized carbons (Fsp3) is 0.533. The van der Waals surface area contributed by atoms with Gasteiger partial charge in [-0.25, -0.2) is 0 Å². The average Bonchev–Trinajstić information content (AvgIpc) is 2.91. The summed E-state index contributed by atoms with van der Waals surface area (Å²) in [7, 11) is 1.60. The average molecular weight is 247 g/mol. The van der Waals surface area contributed by atoms with Gasteiger partial charge in [0, 0.05) is 19.0 Å². The second kappa shape index (κ2) is 6.55. The monoisotopic (exact) mass is 247 g/mol. The molecule has 1 aromatic rings. The van der Waals surface area contributed by atoms with Crippen molar-refractivity contribution >= 4 is 5.78 Å². The molecule has 0 unspecified atom stereocenters. The molecule has 0 heterocycles. The van der Waals surface area contributed by atoms with Crippen LogP contribution in [0.15, 0.2) is 24.3 Å². The van der Waals surface area contributed by atoms with E-state index in [1.54, 1.807) is 7.11 Å². The van der Waals surface area contributed by atoms with Gasteiger partial charge in [0.05, 0.1) is 12.7 Å². The highest BCUT2D eigenvalue weighted by Gasteiger charge is 2.15. The van der Waals surface area contributed by atoms with Crippen LogP contribution in [0.1, 0.15) is 42.5 Å². The molecule has 0 bridgehead atoms. The molecule has 0 aliphatic heterocycles. The Morgan fingerprint density at radius 1 is 1.33 bits per heavy atom. The molecule has 98 valence electrons. The number of hydrogen-bond donors (Lipinski definition) is 1. The normalized spacial score (nSPS) is 15.8. The summed E-state index contributed by atoms with van der Waals surface area (Å²) >= 11 is 0. The van der Waals surface area contributed by atoms with E-state index < -0.39 is 0 Å². The summed E-state index contributed by atoms with van der Waals surface area (Å²) in [6.07, 6.45) is 5.68. The third-order valence-electron chi connectivity index (χ3n) is 3.55. The molecule has 2 rings (SSSR count). The van der Waals surface area contributed by atoms with E-state index in [0.29, 0.717) is 23.8 Å². The predicted molar refractivity (Wildman–Crippen MR) is 72.2 cm³/mol. The molecule has 1 fully saturated rings. The van der Waals surface area contributed by atoms with Crippen LogP contribution in [0.2, 0.25) is 0 Å². The van der Waals surface area contributed by atoms with Gasteiger partial charge in [0.25, 0.3) is 0 Å². The van der Waals surface area contributed by atoms with E-state index in [2.05, 4.69) is 5.32 Å². The van der Waals surface area contributed by atoms with Crippen LogP contribution in [0.25, 0.3) is 0 Å². The Kier molecular flexibility index (Phi) is 4.76. The van der Waals surface area contributed by atoms with Gasteiger partial charge in [-0.15, -0.1) is 0 Å². The molecule has 1 saturated carbocycles. The summed E-state index contributed by atoms with van der Waals surface area (Å²) < 4.78 is 5.20. The van der Waals surface area contributed by atoms with Gasteiger partial charge in [0.15, 0.2) is 5.78 Å². The minimum absolute atomic E-state index is 0.151. The fourth-order valence-electron chi connectivity index (χ4n) is 2.53. The first-order valence-electron chi connectivity index (χ1n) is 6.71. The topological polar surface area (TPSA) is 38.3 Å². The van der Waals surface area contributed by atoms with Crippen LogP contribution in [0.4, 0.5) is 0 Å². The predicted octanol–water partition coefficient (Wildman–Crippen LogP) is 2.80. The number of carbonyl (C=O) groups is 1. The lowest BCUT2D eigenvalue weighted by atomic mass is 10.1. The lowest BCUT2D eigenvalue weighted by molar-refractivity contribution is 0.0979. The molecule has 3 nitrogen and oxygen atoms in total. The van der Waals surface area contributed by atoms with E-state index in [1.807, 2.05) is 24.3 Å². The van der Waals surface area contributed by atoms with E-state index in [-0.39, 0.29) is 5.78 Å². The summed E-state index contributed by atoms with van der Waals surface area (Å²) in [5.41, 5.74) is 0.688. The molecule has 0 amide bonds. The van der Waals surface area contributed by atoms with Crippen molar-refractivity contribution in [2.75, 3.05) is 13.7 Å². The third-order valence-corrected chi connectivity index (χ3v) is 3.55. The van der Waals surface area contributed by atoms with Crippen molar-refractivity contribution in [1.29, 1.82) is 0 Å². The van der Waals surface area contributed by atoms with E-state index in [9.17, 15) is 4.79 Å². The summed E-state index contributed by atoms with van der Waals surface area (Å²) in [6.45, 7) is 0.765. The molecule has 0 radical (unpaired) electrons. The molecule has 0 saturated heterocycles. The molecule has 1 aromatic carbocycles. The van der Waals surface area contributed by atoms with Gasteiger partial charge in [0.2, 0.25) is 0 Å². The van der Waals surface area contributed by atoms with Gasteiger partial charge in [-0.1, -0.05) is 25.0 Å². The number of rotatable bonds is 6. The van der Waals surface area contributed by atoms with Gasteiger partial charge < -0.3 is 10.1 Å². The number of para-hydroxylation sites is 1. The smallest absolute Gasteiger partial charge is 0.167 e. The molecule has 0 atom stereocenters. The number of Topliss-reactive ketones (excluding diaryl/α,β-unsaturated/α-hetero) is 1. The van der Waals surface area contributed by atoms with E-state index >= 15 is 0 Å². The maximum Gasteiger partial charge on any atom is 0.167 e. The molecular formula is C15H21NO2. The van der Waals surface area contributed by atoms with E-state index in [4.69, 9.17) is 4.74 Å². The minimum Gasteiger partial charge on any atom is -0.496 e. The summed E-state index contributed by atoms with van der Waals surface area (Å²) in [5.74, 6) is 0.821. The van der Waals surface area contributed by atoms with Crippen LogP contribution in [0.5, 0.6) is 5.75 Å². The standard InChI is InChI=1S/C15H21NO2/c1-18-15-9-5-4-8-13(15)14(17)10-11-16-12-6-2-3-7-12/h4-5,8-9,12,16H,2-3,6-7,10-11H2,1H3. The van der Waals surface area contributed by atoms with Crippen molar-refractivity contribution < 1.29 is 9.53 Å². The third kappa shape index (κ3) is 3.33. The maximum atomic E-state index is 12.1. The zero-order valence-corrected chi connectivity index (χ0v) is 10.9. The molecule has 1 N–H and O–H groups in total. The zero-order chi connectivity index (χ0) is 12.8. The fourth-order valence-corrected chi connectivity index (χ4v) is 2.53. The highest BCUT2D eigenvalue weighted by Crippen LogP contribution is 2.20. The SMILES string of the molecule is COc1ccccc1C(=O)CCNC1CCCC1. The molecule has 1 aliphatic rings. The Morgan fingerprint density at radius 3 is 2.78 bits per heavy atom. The lowest BCUT2D eigenvalue weighted by Crippen LogP contribution is -2.28. The first-order valence-corrected chi connectivity index (χ1v) is 6.71. The maximum absolute atomic E-state index is 12.1. The van der Waals surface area contributed by atoms with E-state index in [1.165, 1.54) is 25.7 Å². The first-order chi connectivity index (χ1) is 8.81. The van der Waals surface area contributed by atoms with Crippen LogP contribution in [0.3, 0.4) is 0 Å². The van der Waals surface area contributed by atoms with Gasteiger partial charge >= 0.3 is 0 Å². The van der Waals surface area contributed by atoms with Gasteiger partial charge in [-0.05, 0) is 25.0 Å². The van der Waals surface area contributed by atoms with Crippen LogP contribution in [0, 0.1) is 0 Å². The van der Waals surface area contributed by atoms with Gasteiger partial charge in [0.1, 0.15) is 5.75 Å². The number of ether oxygens (including phenoxy) is 1. The first kappa shape index (κ1) is 13.1. The molecular weight excluding hydrogens is 226 g/mol. The van der Waals surface area contributed by atoms with Crippen LogP contribution >= 0.6 is 0 Å². The largest absolute Gasteiger partial charge is 0.496 e.